The second-order valence-electron chi connectivity index (χ2n) is 6.30. The zero-order valence-electron chi connectivity index (χ0n) is 15.4. The van der Waals surface area contributed by atoms with Gasteiger partial charge in [0.25, 0.3) is 11.1 Å². The van der Waals surface area contributed by atoms with E-state index in [1.165, 1.54) is 18.2 Å². The van der Waals surface area contributed by atoms with E-state index in [0.29, 0.717) is 12.8 Å². The number of carbonyl (C=O) groups excluding carboxylic acids is 3. The standard InChI is InChI=1S/C21H18BrFN2O3S/c22-16-7-3-1-5-14(16)9-10-19(26)24-11-12-25-20(27)18(29-21(25)28)13-15-6-2-4-8-17(15)23/h1-8,13H,9-12H2,(H,24,26)/b18-13-. The molecule has 0 atom stereocenters. The van der Waals surface area contributed by atoms with Crippen LogP contribution >= 0.6 is 27.7 Å². The number of nitrogens with zero attached hydrogens (tertiary/aromatic N) is 1. The maximum absolute atomic E-state index is 13.8. The fourth-order valence-electron chi connectivity index (χ4n) is 2.77. The minimum atomic E-state index is -0.481. The molecule has 29 heavy (non-hydrogen) atoms. The van der Waals surface area contributed by atoms with Gasteiger partial charge < -0.3 is 5.32 Å². The molecule has 3 amide bonds. The number of hydrogen-bond donors (Lipinski definition) is 1. The molecule has 0 saturated carbocycles. The highest BCUT2D eigenvalue weighted by Crippen LogP contribution is 2.32. The molecule has 1 aliphatic rings. The van der Waals surface area contributed by atoms with Gasteiger partial charge >= 0.3 is 0 Å². The third-order valence-electron chi connectivity index (χ3n) is 4.30. The number of imide groups is 1. The second-order valence-corrected chi connectivity index (χ2v) is 8.14. The zero-order chi connectivity index (χ0) is 20.8. The molecule has 1 N–H and O–H groups in total. The zero-order valence-corrected chi connectivity index (χ0v) is 17.8. The Hall–Kier alpha value is -2.45. The van der Waals surface area contributed by atoms with Crippen molar-refractivity contribution in [3.63, 3.8) is 0 Å². The van der Waals surface area contributed by atoms with E-state index in [0.717, 1.165) is 26.7 Å². The van der Waals surface area contributed by atoms with E-state index in [2.05, 4.69) is 21.2 Å². The quantitative estimate of drug-likeness (QED) is 0.602. The third-order valence-corrected chi connectivity index (χ3v) is 5.98. The van der Waals surface area contributed by atoms with Crippen LogP contribution in [0.25, 0.3) is 6.08 Å². The normalized spacial score (nSPS) is 15.2. The van der Waals surface area contributed by atoms with Crippen LogP contribution in [0.3, 0.4) is 0 Å². The van der Waals surface area contributed by atoms with Crippen LogP contribution in [-0.4, -0.2) is 35.0 Å². The summed E-state index contributed by atoms with van der Waals surface area (Å²) in [4.78, 5) is 37.8. The van der Waals surface area contributed by atoms with Crippen LogP contribution in [0.1, 0.15) is 17.5 Å². The lowest BCUT2D eigenvalue weighted by molar-refractivity contribution is -0.124. The molecular weight excluding hydrogens is 459 g/mol. The monoisotopic (exact) mass is 476 g/mol. The van der Waals surface area contributed by atoms with E-state index in [-0.39, 0.29) is 29.5 Å². The smallest absolute Gasteiger partial charge is 0.293 e. The van der Waals surface area contributed by atoms with E-state index in [1.54, 1.807) is 12.1 Å². The van der Waals surface area contributed by atoms with Gasteiger partial charge in [-0.2, -0.15) is 0 Å². The summed E-state index contributed by atoms with van der Waals surface area (Å²) in [6.07, 6.45) is 2.26. The minimum absolute atomic E-state index is 0.0695. The van der Waals surface area contributed by atoms with Crippen molar-refractivity contribution in [2.45, 2.75) is 12.8 Å². The second kappa shape index (κ2) is 9.84. The summed E-state index contributed by atoms with van der Waals surface area (Å²) in [5.74, 6) is -1.10. The predicted octanol–water partition coefficient (Wildman–Crippen LogP) is 4.37. The summed E-state index contributed by atoms with van der Waals surface area (Å²) >= 11 is 4.21. The Labute approximate surface area is 180 Å². The van der Waals surface area contributed by atoms with Gasteiger partial charge in [-0.25, -0.2) is 4.39 Å². The lowest BCUT2D eigenvalue weighted by Gasteiger charge is -2.13. The van der Waals surface area contributed by atoms with E-state index in [9.17, 15) is 18.8 Å². The summed E-state index contributed by atoms with van der Waals surface area (Å²) in [6.45, 7) is 0.236. The van der Waals surface area contributed by atoms with Crippen LogP contribution in [0.5, 0.6) is 0 Å². The number of halogens is 2. The average molecular weight is 477 g/mol. The first-order chi connectivity index (χ1) is 14.0. The van der Waals surface area contributed by atoms with Crippen LogP contribution in [0, 0.1) is 5.82 Å². The van der Waals surface area contributed by atoms with Crippen molar-refractivity contribution in [2.75, 3.05) is 13.1 Å². The Morgan fingerprint density at radius 2 is 1.86 bits per heavy atom. The molecule has 2 aromatic carbocycles. The number of benzene rings is 2. The number of amides is 3. The van der Waals surface area contributed by atoms with Crippen molar-refractivity contribution >= 4 is 50.8 Å². The fourth-order valence-corrected chi connectivity index (χ4v) is 4.11. The van der Waals surface area contributed by atoms with Crippen molar-refractivity contribution in [1.82, 2.24) is 10.2 Å². The van der Waals surface area contributed by atoms with Crippen molar-refractivity contribution in [3.05, 3.63) is 74.9 Å². The lowest BCUT2D eigenvalue weighted by atomic mass is 10.1. The Morgan fingerprint density at radius 1 is 1.14 bits per heavy atom. The van der Waals surface area contributed by atoms with Crippen LogP contribution in [0.15, 0.2) is 57.9 Å². The van der Waals surface area contributed by atoms with Crippen LogP contribution in [-0.2, 0) is 16.0 Å². The molecule has 1 saturated heterocycles. The Kier molecular flexibility index (Phi) is 7.22. The molecule has 1 heterocycles. The van der Waals surface area contributed by atoms with Crippen molar-refractivity contribution in [1.29, 1.82) is 0 Å². The topological polar surface area (TPSA) is 66.5 Å². The van der Waals surface area contributed by atoms with Crippen LogP contribution in [0.2, 0.25) is 0 Å². The number of thioether (sulfide) groups is 1. The molecule has 0 radical (unpaired) electrons. The number of hydrogen-bond acceptors (Lipinski definition) is 4. The Bertz CT molecular complexity index is 980. The summed E-state index contributed by atoms with van der Waals surface area (Å²) in [5, 5.41) is 2.29. The molecular formula is C21H18BrFN2O3S. The van der Waals surface area contributed by atoms with Gasteiger partial charge in [-0.1, -0.05) is 52.3 Å². The Balaban J connectivity index is 1.50. The van der Waals surface area contributed by atoms with Gasteiger partial charge in [0.05, 0.1) is 4.91 Å². The van der Waals surface area contributed by atoms with Crippen molar-refractivity contribution in [3.8, 4) is 0 Å². The molecule has 1 fully saturated rings. The van der Waals surface area contributed by atoms with Crippen LogP contribution in [0.4, 0.5) is 9.18 Å². The highest BCUT2D eigenvalue weighted by Gasteiger charge is 2.34. The first kappa shape index (κ1) is 21.3. The summed E-state index contributed by atoms with van der Waals surface area (Å²) in [5.41, 5.74) is 1.28. The fraction of sp³-hybridized carbons (Fsp3) is 0.190. The first-order valence-corrected chi connectivity index (χ1v) is 10.6. The largest absolute Gasteiger partial charge is 0.354 e. The number of nitrogens with one attached hydrogen (secondary N) is 1. The molecule has 150 valence electrons. The third kappa shape index (κ3) is 5.55. The molecule has 2 aromatic rings. The van der Waals surface area contributed by atoms with Gasteiger partial charge in [-0.3, -0.25) is 19.3 Å². The predicted molar refractivity (Wildman–Crippen MR) is 115 cm³/mol. The van der Waals surface area contributed by atoms with Gasteiger partial charge in [0, 0.05) is 29.5 Å². The molecule has 8 heteroatoms. The number of aryl methyl sites for hydroxylation is 1. The summed E-state index contributed by atoms with van der Waals surface area (Å²) in [7, 11) is 0. The minimum Gasteiger partial charge on any atom is -0.354 e. The van der Waals surface area contributed by atoms with Gasteiger partial charge in [0.1, 0.15) is 5.82 Å². The first-order valence-electron chi connectivity index (χ1n) is 8.95. The number of rotatable bonds is 7. The van der Waals surface area contributed by atoms with Crippen LogP contribution < -0.4 is 5.32 Å². The van der Waals surface area contributed by atoms with E-state index in [1.807, 2.05) is 24.3 Å². The lowest BCUT2D eigenvalue weighted by Crippen LogP contribution is -2.37. The average Bonchev–Trinajstić information content (AvgIpc) is 2.96. The summed E-state index contributed by atoms with van der Waals surface area (Å²) in [6, 6.07) is 13.7. The van der Waals surface area contributed by atoms with Gasteiger partial charge in [-0.05, 0) is 42.0 Å². The highest BCUT2D eigenvalue weighted by atomic mass is 79.9. The molecule has 0 aromatic heterocycles. The molecule has 0 aliphatic carbocycles. The van der Waals surface area contributed by atoms with Gasteiger partial charge in [-0.15, -0.1) is 0 Å². The maximum atomic E-state index is 13.8. The highest BCUT2D eigenvalue weighted by molar-refractivity contribution is 9.10. The number of carbonyl (C=O) groups is 3. The molecule has 3 rings (SSSR count). The molecule has 5 nitrogen and oxygen atoms in total. The summed E-state index contributed by atoms with van der Waals surface area (Å²) < 4.78 is 14.7. The SMILES string of the molecule is O=C(CCc1ccccc1Br)NCCN1C(=O)S/C(=C\c2ccccc2F)C1=O. The van der Waals surface area contributed by atoms with E-state index < -0.39 is 17.0 Å². The van der Waals surface area contributed by atoms with E-state index >= 15 is 0 Å². The van der Waals surface area contributed by atoms with Gasteiger partial charge in [0.15, 0.2) is 0 Å². The molecule has 0 unspecified atom stereocenters. The van der Waals surface area contributed by atoms with Gasteiger partial charge in [0.2, 0.25) is 5.91 Å². The van der Waals surface area contributed by atoms with Crippen molar-refractivity contribution < 1.29 is 18.8 Å². The van der Waals surface area contributed by atoms with E-state index in [4.69, 9.17) is 0 Å². The maximum Gasteiger partial charge on any atom is 0.293 e. The molecule has 0 spiro atoms. The Morgan fingerprint density at radius 3 is 2.62 bits per heavy atom. The molecule has 1 aliphatic heterocycles. The molecule has 0 bridgehead atoms. The van der Waals surface area contributed by atoms with Crippen molar-refractivity contribution in [2.24, 2.45) is 0 Å².